The van der Waals surface area contributed by atoms with E-state index in [1.807, 2.05) is 18.2 Å². The first-order valence-electron chi connectivity index (χ1n) is 5.59. The minimum atomic E-state index is 0.407. The molecule has 6 nitrogen and oxygen atoms in total. The summed E-state index contributed by atoms with van der Waals surface area (Å²) in [6, 6.07) is 5.58. The highest BCUT2D eigenvalue weighted by Gasteiger charge is 2.15. The van der Waals surface area contributed by atoms with E-state index in [1.165, 1.54) is 0 Å². The van der Waals surface area contributed by atoms with Crippen LogP contribution in [0.1, 0.15) is 11.6 Å². The second kappa shape index (κ2) is 4.50. The number of aromatic nitrogens is 4. The third-order valence-corrected chi connectivity index (χ3v) is 2.69. The Labute approximate surface area is 98.7 Å². The average molecular weight is 231 g/mol. The fourth-order valence-electron chi connectivity index (χ4n) is 1.83. The lowest BCUT2D eigenvalue weighted by molar-refractivity contribution is 0.275. The van der Waals surface area contributed by atoms with Crippen molar-refractivity contribution in [3.8, 4) is 5.88 Å². The highest BCUT2D eigenvalue weighted by molar-refractivity contribution is 5.09. The summed E-state index contributed by atoms with van der Waals surface area (Å²) < 4.78 is 7.66. The summed E-state index contributed by atoms with van der Waals surface area (Å²) >= 11 is 0. The van der Waals surface area contributed by atoms with Gasteiger partial charge >= 0.3 is 0 Å². The summed E-state index contributed by atoms with van der Waals surface area (Å²) in [5.74, 6) is 2.43. The molecule has 0 aliphatic carbocycles. The Balaban J connectivity index is 1.71. The third kappa shape index (κ3) is 2.12. The van der Waals surface area contributed by atoms with Crippen LogP contribution in [0, 0.1) is 0 Å². The van der Waals surface area contributed by atoms with Gasteiger partial charge in [-0.25, -0.2) is 4.98 Å². The van der Waals surface area contributed by atoms with Gasteiger partial charge in [-0.1, -0.05) is 6.07 Å². The first-order valence-corrected chi connectivity index (χ1v) is 5.59. The molecule has 3 heterocycles. The van der Waals surface area contributed by atoms with Crippen LogP contribution in [0.4, 0.5) is 0 Å². The summed E-state index contributed by atoms with van der Waals surface area (Å²) in [7, 11) is 0. The molecule has 0 amide bonds. The van der Waals surface area contributed by atoms with E-state index < -0.39 is 0 Å². The van der Waals surface area contributed by atoms with Crippen molar-refractivity contribution >= 4 is 0 Å². The molecule has 0 saturated carbocycles. The Hall–Kier alpha value is -1.95. The summed E-state index contributed by atoms with van der Waals surface area (Å²) in [6.07, 6.45) is 1.71. The Morgan fingerprint density at radius 3 is 3.24 bits per heavy atom. The molecule has 2 aromatic heterocycles. The molecule has 0 atom stereocenters. The Morgan fingerprint density at radius 1 is 1.35 bits per heavy atom. The first-order chi connectivity index (χ1) is 8.43. The third-order valence-electron chi connectivity index (χ3n) is 2.69. The standard InChI is InChI=1S/C11H13N5O/c1-2-4-13-11(3-1)17-8-10-15-14-9-7-12-5-6-16(9)10/h1-4,12H,5-8H2. The zero-order chi connectivity index (χ0) is 11.5. The molecular weight excluding hydrogens is 218 g/mol. The average Bonchev–Trinajstić information content (AvgIpc) is 2.81. The fourth-order valence-corrected chi connectivity index (χ4v) is 1.83. The Morgan fingerprint density at radius 2 is 2.35 bits per heavy atom. The summed E-state index contributed by atoms with van der Waals surface area (Å²) in [5.41, 5.74) is 0. The molecule has 0 unspecified atom stereocenters. The molecule has 0 fully saturated rings. The van der Waals surface area contributed by atoms with Gasteiger partial charge in [0, 0.05) is 25.4 Å². The predicted molar refractivity (Wildman–Crippen MR) is 60.3 cm³/mol. The number of rotatable bonds is 3. The van der Waals surface area contributed by atoms with Crippen molar-refractivity contribution in [3.05, 3.63) is 36.0 Å². The SMILES string of the molecule is c1ccc(OCc2nnc3n2CCNC3)nc1. The van der Waals surface area contributed by atoms with E-state index in [-0.39, 0.29) is 0 Å². The van der Waals surface area contributed by atoms with Crippen LogP contribution in [0.25, 0.3) is 0 Å². The van der Waals surface area contributed by atoms with E-state index in [0.717, 1.165) is 31.3 Å². The van der Waals surface area contributed by atoms with Crippen LogP contribution in [0.15, 0.2) is 24.4 Å². The minimum Gasteiger partial charge on any atom is -0.469 e. The van der Waals surface area contributed by atoms with Crippen molar-refractivity contribution in [2.45, 2.75) is 19.7 Å². The number of nitrogens with zero attached hydrogens (tertiary/aromatic N) is 4. The molecule has 1 N–H and O–H groups in total. The Bertz CT molecular complexity index is 496. The lowest BCUT2D eigenvalue weighted by Gasteiger charge is -2.15. The predicted octanol–water partition coefficient (Wildman–Crippen LogP) is 0.355. The van der Waals surface area contributed by atoms with Crippen molar-refractivity contribution in [1.29, 1.82) is 0 Å². The number of fused-ring (bicyclic) bond motifs is 1. The summed E-state index contributed by atoms with van der Waals surface area (Å²) in [5, 5.41) is 11.5. The molecule has 0 bridgehead atoms. The molecule has 0 saturated heterocycles. The van der Waals surface area contributed by atoms with Crippen LogP contribution < -0.4 is 10.1 Å². The molecule has 1 aliphatic heterocycles. The summed E-state index contributed by atoms with van der Waals surface area (Å²) in [4.78, 5) is 4.10. The van der Waals surface area contributed by atoms with Gasteiger partial charge in [-0.15, -0.1) is 10.2 Å². The molecule has 0 spiro atoms. The molecule has 6 heteroatoms. The highest BCUT2D eigenvalue weighted by Crippen LogP contribution is 2.10. The molecule has 2 aromatic rings. The zero-order valence-corrected chi connectivity index (χ0v) is 9.33. The van der Waals surface area contributed by atoms with Crippen LogP contribution >= 0.6 is 0 Å². The van der Waals surface area contributed by atoms with Crippen molar-refractivity contribution in [2.24, 2.45) is 0 Å². The van der Waals surface area contributed by atoms with Gasteiger partial charge in [-0.2, -0.15) is 0 Å². The second-order valence-corrected chi connectivity index (χ2v) is 3.82. The quantitative estimate of drug-likeness (QED) is 0.826. The van der Waals surface area contributed by atoms with E-state index in [9.17, 15) is 0 Å². The van der Waals surface area contributed by atoms with E-state index in [2.05, 4.69) is 25.1 Å². The molecule has 88 valence electrons. The van der Waals surface area contributed by atoms with Crippen molar-refractivity contribution in [1.82, 2.24) is 25.1 Å². The van der Waals surface area contributed by atoms with Crippen LogP contribution in [-0.2, 0) is 19.7 Å². The molecule has 1 aliphatic rings. The molecule has 3 rings (SSSR count). The maximum absolute atomic E-state index is 5.56. The highest BCUT2D eigenvalue weighted by atomic mass is 16.5. The Kier molecular flexibility index (Phi) is 2.71. The zero-order valence-electron chi connectivity index (χ0n) is 9.33. The number of hydrogen-bond acceptors (Lipinski definition) is 5. The fraction of sp³-hybridized carbons (Fsp3) is 0.364. The van der Waals surface area contributed by atoms with Crippen LogP contribution in [-0.4, -0.2) is 26.3 Å². The van der Waals surface area contributed by atoms with Crippen LogP contribution in [0.5, 0.6) is 5.88 Å². The van der Waals surface area contributed by atoms with Crippen molar-refractivity contribution in [2.75, 3.05) is 6.54 Å². The monoisotopic (exact) mass is 231 g/mol. The maximum atomic E-state index is 5.56. The van der Waals surface area contributed by atoms with Gasteiger partial charge in [0.2, 0.25) is 5.88 Å². The number of nitrogens with one attached hydrogen (secondary N) is 1. The lowest BCUT2D eigenvalue weighted by Crippen LogP contribution is -2.29. The normalized spacial score (nSPS) is 14.4. The smallest absolute Gasteiger partial charge is 0.213 e. The number of ether oxygens (including phenoxy) is 1. The second-order valence-electron chi connectivity index (χ2n) is 3.82. The van der Waals surface area contributed by atoms with Gasteiger partial charge in [0.1, 0.15) is 12.4 Å². The van der Waals surface area contributed by atoms with E-state index in [0.29, 0.717) is 12.5 Å². The molecule has 0 aromatic carbocycles. The van der Waals surface area contributed by atoms with Crippen LogP contribution in [0.2, 0.25) is 0 Å². The van der Waals surface area contributed by atoms with Gasteiger partial charge in [-0.3, -0.25) is 0 Å². The first kappa shape index (κ1) is 10.2. The van der Waals surface area contributed by atoms with Gasteiger partial charge in [0.05, 0.1) is 6.54 Å². The molecule has 17 heavy (non-hydrogen) atoms. The molecule has 0 radical (unpaired) electrons. The van der Waals surface area contributed by atoms with E-state index in [1.54, 1.807) is 6.20 Å². The van der Waals surface area contributed by atoms with Crippen molar-refractivity contribution in [3.63, 3.8) is 0 Å². The molecular formula is C11H13N5O. The largest absolute Gasteiger partial charge is 0.469 e. The number of pyridine rings is 1. The lowest BCUT2D eigenvalue weighted by atomic mass is 10.4. The minimum absolute atomic E-state index is 0.407. The van der Waals surface area contributed by atoms with Gasteiger partial charge in [-0.05, 0) is 6.07 Å². The van der Waals surface area contributed by atoms with Gasteiger partial charge in [0.25, 0.3) is 0 Å². The maximum Gasteiger partial charge on any atom is 0.213 e. The van der Waals surface area contributed by atoms with Crippen molar-refractivity contribution < 1.29 is 4.74 Å². The van der Waals surface area contributed by atoms with Gasteiger partial charge < -0.3 is 14.6 Å². The number of hydrogen-bond donors (Lipinski definition) is 1. The van der Waals surface area contributed by atoms with E-state index in [4.69, 9.17) is 4.74 Å². The topological polar surface area (TPSA) is 64.9 Å². The summed E-state index contributed by atoms with van der Waals surface area (Å²) in [6.45, 7) is 3.02. The van der Waals surface area contributed by atoms with Crippen LogP contribution in [0.3, 0.4) is 0 Å². The van der Waals surface area contributed by atoms with E-state index >= 15 is 0 Å². The van der Waals surface area contributed by atoms with Gasteiger partial charge in [0.15, 0.2) is 5.82 Å².